The minimum atomic E-state index is -0.498. The maximum Gasteiger partial charge on any atom is 0.407 e. The third-order valence-electron chi connectivity index (χ3n) is 6.94. The van der Waals surface area contributed by atoms with E-state index in [1.165, 1.54) is 14.0 Å². The fourth-order valence-electron chi connectivity index (χ4n) is 5.06. The Labute approximate surface area is 207 Å². The number of rotatable bonds is 11. The van der Waals surface area contributed by atoms with Crippen molar-refractivity contribution in [3.8, 4) is 11.8 Å². The van der Waals surface area contributed by atoms with E-state index in [9.17, 15) is 19.2 Å². The molecule has 1 N–H and O–H groups in total. The number of carbonyl (C=O) groups is 4. The predicted molar refractivity (Wildman–Crippen MR) is 126 cm³/mol. The molecule has 10 nitrogen and oxygen atoms in total. The lowest BCUT2D eigenvalue weighted by Gasteiger charge is -2.40. The van der Waals surface area contributed by atoms with Crippen LogP contribution >= 0.6 is 0 Å². The van der Waals surface area contributed by atoms with Gasteiger partial charge in [0.15, 0.2) is 0 Å². The van der Waals surface area contributed by atoms with Crippen molar-refractivity contribution in [2.24, 2.45) is 17.8 Å². The van der Waals surface area contributed by atoms with Crippen molar-refractivity contribution < 1.29 is 33.4 Å². The van der Waals surface area contributed by atoms with Gasteiger partial charge in [0, 0.05) is 52.6 Å². The number of fused-ring (bicyclic) bond motifs is 1. The van der Waals surface area contributed by atoms with E-state index in [0.29, 0.717) is 44.0 Å². The van der Waals surface area contributed by atoms with Gasteiger partial charge >= 0.3 is 12.1 Å². The largest absolute Gasteiger partial charge is 0.462 e. The molecule has 1 saturated heterocycles. The summed E-state index contributed by atoms with van der Waals surface area (Å²) in [5.41, 5.74) is 0. The monoisotopic (exact) mass is 491 g/mol. The number of nitrogens with one attached hydrogen (secondary N) is 1. The molecule has 2 fully saturated rings. The normalized spacial score (nSPS) is 25.7. The molecule has 2 amide bonds. The standard InChI is InChI=1S/C25H37N3O7/c1-18(29)13-27-11-12-28(14-19(27)15-34-24(31)17-33-2)23(30)9-10-26-25(32)35-16-22-20-7-5-3-4-6-8-21(20)22/h19-22H,5-17H2,1-2H3,(H,26,32)/t19?,20-,21+,22?. The summed E-state index contributed by atoms with van der Waals surface area (Å²) < 4.78 is 15.4. The highest BCUT2D eigenvalue weighted by Gasteiger charge is 2.49. The SMILES string of the molecule is COCC(=O)OCC1CN(C(=O)CCNC(=O)OCC2[C@H]3CCC#CCC[C@@H]23)CCN1CC(C)=O. The summed E-state index contributed by atoms with van der Waals surface area (Å²) in [6.07, 6.45) is 3.64. The number of piperazine rings is 1. The van der Waals surface area contributed by atoms with Crippen LogP contribution in [0.5, 0.6) is 0 Å². The first kappa shape index (κ1) is 27.0. The van der Waals surface area contributed by atoms with E-state index >= 15 is 0 Å². The van der Waals surface area contributed by atoms with Crippen LogP contribution in [0.25, 0.3) is 0 Å². The molecule has 1 saturated carbocycles. The van der Waals surface area contributed by atoms with Gasteiger partial charge < -0.3 is 24.4 Å². The van der Waals surface area contributed by atoms with Crippen LogP contribution in [0.4, 0.5) is 4.79 Å². The second-order valence-corrected chi connectivity index (χ2v) is 9.48. The molecule has 0 aromatic heterocycles. The smallest absolute Gasteiger partial charge is 0.407 e. The van der Waals surface area contributed by atoms with Crippen LogP contribution in [0.1, 0.15) is 39.0 Å². The predicted octanol–water partition coefficient (Wildman–Crippen LogP) is 0.834. The molecular formula is C25H37N3O7. The molecule has 2 aliphatic carbocycles. The highest BCUT2D eigenvalue weighted by atomic mass is 16.6. The quantitative estimate of drug-likeness (QED) is 0.334. The van der Waals surface area contributed by atoms with Crippen LogP contribution in [0.2, 0.25) is 0 Å². The van der Waals surface area contributed by atoms with Crippen molar-refractivity contribution in [1.82, 2.24) is 15.1 Å². The van der Waals surface area contributed by atoms with Gasteiger partial charge in [-0.2, -0.15) is 0 Å². The third kappa shape index (κ3) is 8.51. The number of hydrogen-bond donors (Lipinski definition) is 1. The van der Waals surface area contributed by atoms with Gasteiger partial charge in [-0.1, -0.05) is 0 Å². The molecule has 0 bridgehead atoms. The summed E-state index contributed by atoms with van der Waals surface area (Å²) in [6.45, 7) is 3.56. The lowest BCUT2D eigenvalue weighted by molar-refractivity contribution is -0.151. The number of hydrogen-bond acceptors (Lipinski definition) is 8. The number of alkyl carbamates (subject to hydrolysis) is 1. The van der Waals surface area contributed by atoms with Crippen molar-refractivity contribution in [2.45, 2.75) is 45.1 Å². The van der Waals surface area contributed by atoms with Crippen molar-refractivity contribution in [3.05, 3.63) is 0 Å². The number of Topliss-reactive ketones (excluding diaryl/α,β-unsaturated/α-hetero) is 1. The fourth-order valence-corrected chi connectivity index (χ4v) is 5.06. The van der Waals surface area contributed by atoms with Gasteiger partial charge in [0.2, 0.25) is 5.91 Å². The molecule has 2 unspecified atom stereocenters. The average Bonchev–Trinajstić information content (AvgIpc) is 3.45. The Kier molecular flexibility index (Phi) is 10.4. The van der Waals surface area contributed by atoms with Gasteiger partial charge in [-0.25, -0.2) is 9.59 Å². The first-order chi connectivity index (χ1) is 16.9. The van der Waals surface area contributed by atoms with E-state index in [1.54, 1.807) is 4.90 Å². The van der Waals surface area contributed by atoms with Crippen LogP contribution in [-0.2, 0) is 28.6 Å². The zero-order valence-corrected chi connectivity index (χ0v) is 20.8. The highest BCUT2D eigenvalue weighted by Crippen LogP contribution is 2.52. The summed E-state index contributed by atoms with van der Waals surface area (Å²) in [5.74, 6) is 7.40. The molecule has 4 atom stereocenters. The maximum atomic E-state index is 12.7. The number of esters is 1. The van der Waals surface area contributed by atoms with Gasteiger partial charge in [-0.3, -0.25) is 14.5 Å². The number of amides is 2. The van der Waals surface area contributed by atoms with Gasteiger partial charge in [0.1, 0.15) is 19.0 Å². The topological polar surface area (TPSA) is 114 Å². The van der Waals surface area contributed by atoms with Gasteiger partial charge in [-0.05, 0) is 37.5 Å². The molecule has 1 heterocycles. The van der Waals surface area contributed by atoms with Crippen molar-refractivity contribution in [1.29, 1.82) is 0 Å². The van der Waals surface area contributed by atoms with Crippen LogP contribution in [0.3, 0.4) is 0 Å². The molecule has 194 valence electrons. The first-order valence-electron chi connectivity index (χ1n) is 12.4. The van der Waals surface area contributed by atoms with E-state index in [1.807, 2.05) is 4.90 Å². The zero-order valence-electron chi connectivity index (χ0n) is 20.8. The fraction of sp³-hybridized carbons (Fsp3) is 0.760. The molecule has 1 aliphatic heterocycles. The van der Waals surface area contributed by atoms with E-state index in [-0.39, 0.29) is 50.5 Å². The molecule has 0 aromatic rings. The van der Waals surface area contributed by atoms with E-state index in [4.69, 9.17) is 14.2 Å². The lowest BCUT2D eigenvalue weighted by atomic mass is 10.1. The summed E-state index contributed by atoms with van der Waals surface area (Å²) in [7, 11) is 1.41. The Morgan fingerprint density at radius 2 is 1.71 bits per heavy atom. The molecule has 35 heavy (non-hydrogen) atoms. The minimum Gasteiger partial charge on any atom is -0.462 e. The maximum absolute atomic E-state index is 12.7. The zero-order chi connectivity index (χ0) is 25.2. The summed E-state index contributed by atoms with van der Waals surface area (Å²) in [5, 5.41) is 2.67. The Balaban J connectivity index is 1.36. The van der Waals surface area contributed by atoms with Gasteiger partial charge in [-0.15, -0.1) is 11.8 Å². The molecule has 3 rings (SSSR count). The number of carbonyl (C=O) groups excluding carboxylic acids is 4. The molecule has 0 radical (unpaired) electrons. The van der Waals surface area contributed by atoms with Crippen LogP contribution in [0, 0.1) is 29.6 Å². The summed E-state index contributed by atoms with van der Waals surface area (Å²) in [4.78, 5) is 51.7. The third-order valence-corrected chi connectivity index (χ3v) is 6.94. The summed E-state index contributed by atoms with van der Waals surface area (Å²) in [6, 6.07) is -0.281. The number of nitrogens with zero attached hydrogens (tertiary/aromatic N) is 2. The van der Waals surface area contributed by atoms with Crippen LogP contribution < -0.4 is 5.32 Å². The van der Waals surface area contributed by atoms with E-state index < -0.39 is 12.1 Å². The van der Waals surface area contributed by atoms with Gasteiger partial charge in [0.25, 0.3) is 0 Å². The van der Waals surface area contributed by atoms with Crippen LogP contribution in [-0.4, -0.2) is 99.2 Å². The molecule has 0 spiro atoms. The Bertz CT molecular complexity index is 819. The Morgan fingerprint density at radius 3 is 2.37 bits per heavy atom. The Hall–Kier alpha value is -2.64. The number of methoxy groups -OCH3 is 1. The highest BCUT2D eigenvalue weighted by molar-refractivity contribution is 5.78. The minimum absolute atomic E-state index is 0.00519. The summed E-state index contributed by atoms with van der Waals surface area (Å²) >= 11 is 0. The molecule has 3 aliphatic rings. The first-order valence-corrected chi connectivity index (χ1v) is 12.4. The van der Waals surface area contributed by atoms with E-state index in [2.05, 4.69) is 17.2 Å². The van der Waals surface area contributed by atoms with Crippen molar-refractivity contribution in [3.63, 3.8) is 0 Å². The molecule has 0 aromatic carbocycles. The number of ketones is 1. The Morgan fingerprint density at radius 1 is 1.00 bits per heavy atom. The molecular weight excluding hydrogens is 454 g/mol. The second kappa shape index (κ2) is 13.4. The molecule has 10 heteroatoms. The average molecular weight is 492 g/mol. The van der Waals surface area contributed by atoms with Crippen molar-refractivity contribution >= 4 is 23.8 Å². The van der Waals surface area contributed by atoms with Gasteiger partial charge in [0.05, 0.1) is 19.2 Å². The lowest BCUT2D eigenvalue weighted by Crippen LogP contribution is -2.57. The van der Waals surface area contributed by atoms with Crippen LogP contribution in [0.15, 0.2) is 0 Å². The van der Waals surface area contributed by atoms with Crippen molar-refractivity contribution in [2.75, 3.05) is 59.7 Å². The second-order valence-electron chi connectivity index (χ2n) is 9.48. The number of ether oxygens (including phenoxy) is 3. The van der Waals surface area contributed by atoms with E-state index in [0.717, 1.165) is 25.7 Å².